The third-order valence-corrected chi connectivity index (χ3v) is 6.97. The molecule has 1 heterocycles. The maximum atomic E-state index is 12.5. The van der Waals surface area contributed by atoms with Crippen molar-refractivity contribution in [1.29, 1.82) is 5.26 Å². The van der Waals surface area contributed by atoms with E-state index < -0.39 is 15.7 Å². The van der Waals surface area contributed by atoms with Gasteiger partial charge in [0, 0.05) is 11.5 Å². The summed E-state index contributed by atoms with van der Waals surface area (Å²) >= 11 is 0.740. The molecular weight excluding hydrogens is 488 g/mol. The normalized spacial score (nSPS) is 11.7. The van der Waals surface area contributed by atoms with Gasteiger partial charge >= 0.3 is 0 Å². The number of para-hydroxylation sites is 1. The number of hydrogen-bond acceptors (Lipinski definition) is 9. The van der Waals surface area contributed by atoms with Crippen LogP contribution in [0.25, 0.3) is 6.08 Å². The quantitative estimate of drug-likeness (QED) is 0.232. The molecule has 0 bridgehead atoms. The Morgan fingerprint density at radius 2 is 1.71 bits per heavy atom. The Labute approximate surface area is 208 Å². The Morgan fingerprint density at radius 1 is 1.09 bits per heavy atom. The number of rotatable bonds is 11. The van der Waals surface area contributed by atoms with Gasteiger partial charge in [-0.2, -0.15) is 14.6 Å². The van der Waals surface area contributed by atoms with Crippen LogP contribution in [0.1, 0.15) is 19.4 Å². The molecule has 0 fully saturated rings. The fraction of sp³-hybridized carbons (Fsp3) is 0.250. The molecule has 2 aromatic carbocycles. The smallest absolute Gasteiger partial charge is 0.268 e. The molecule has 35 heavy (non-hydrogen) atoms. The van der Waals surface area contributed by atoms with E-state index in [2.05, 4.69) is 14.7 Å². The second kappa shape index (κ2) is 12.1. The first kappa shape index (κ1) is 25.9. The number of nitrogens with one attached hydrogen (secondary N) is 1. The lowest BCUT2D eigenvalue weighted by Gasteiger charge is -2.08. The van der Waals surface area contributed by atoms with Crippen LogP contribution in [0.2, 0.25) is 0 Å². The molecule has 0 spiro atoms. The summed E-state index contributed by atoms with van der Waals surface area (Å²) in [4.78, 5) is 16.4. The second-order valence-corrected chi connectivity index (χ2v) is 10.4. The molecule has 1 N–H and O–H groups in total. The molecule has 0 aliphatic heterocycles. The van der Waals surface area contributed by atoms with E-state index in [1.807, 2.05) is 36.4 Å². The van der Waals surface area contributed by atoms with Crippen molar-refractivity contribution >= 4 is 38.5 Å². The average Bonchev–Trinajstić information content (AvgIpc) is 3.30. The molecule has 1 amide bonds. The Hall–Kier alpha value is -3.75. The average molecular weight is 513 g/mol. The first-order valence-electron chi connectivity index (χ1n) is 10.7. The lowest BCUT2D eigenvalue weighted by Crippen LogP contribution is -2.15. The lowest BCUT2D eigenvalue weighted by molar-refractivity contribution is -0.112. The molecule has 11 heteroatoms. The molecule has 3 rings (SSSR count). The number of anilines is 1. The summed E-state index contributed by atoms with van der Waals surface area (Å²) in [5.41, 5.74) is 0.443. The van der Waals surface area contributed by atoms with Crippen molar-refractivity contribution in [3.05, 3.63) is 65.7 Å². The van der Waals surface area contributed by atoms with Crippen LogP contribution in [0.15, 0.2) is 65.3 Å². The number of carbonyl (C=O) groups excluding carboxylic acids is 1. The van der Waals surface area contributed by atoms with Crippen molar-refractivity contribution in [3.63, 3.8) is 0 Å². The van der Waals surface area contributed by atoms with Crippen LogP contribution in [0.5, 0.6) is 11.5 Å². The molecule has 0 saturated heterocycles. The van der Waals surface area contributed by atoms with Gasteiger partial charge in [0.1, 0.15) is 36.4 Å². The van der Waals surface area contributed by atoms with Gasteiger partial charge in [0.25, 0.3) is 11.1 Å². The van der Waals surface area contributed by atoms with E-state index in [0.717, 1.165) is 17.3 Å². The molecule has 0 radical (unpaired) electrons. The minimum absolute atomic E-state index is 0.0000457. The molecule has 9 nitrogen and oxygen atoms in total. The van der Waals surface area contributed by atoms with Gasteiger partial charge in [-0.05, 0) is 41.8 Å². The standard InChI is InChI=1S/C24H24N4O5S2/c1-17(2)16-35(30,31)24-27-23(34-28-24)26-22(29)19(15-25)14-18-8-10-21(11-9-18)33-13-12-32-20-6-4-3-5-7-20/h3-11,14,17H,12-13,16H2,1-2H3,(H,26,27,28,29)/b19-14-. The van der Waals surface area contributed by atoms with Gasteiger partial charge in [0.05, 0.1) is 5.75 Å². The van der Waals surface area contributed by atoms with E-state index in [0.29, 0.717) is 24.5 Å². The van der Waals surface area contributed by atoms with Crippen LogP contribution >= 0.6 is 11.5 Å². The van der Waals surface area contributed by atoms with E-state index in [1.165, 1.54) is 6.08 Å². The van der Waals surface area contributed by atoms with Crippen LogP contribution in [0.3, 0.4) is 0 Å². The van der Waals surface area contributed by atoms with Gasteiger partial charge < -0.3 is 9.47 Å². The van der Waals surface area contributed by atoms with Gasteiger partial charge in [0.15, 0.2) is 0 Å². The molecule has 1 aromatic heterocycles. The van der Waals surface area contributed by atoms with Crippen LogP contribution in [-0.4, -0.2) is 42.6 Å². The molecular formula is C24H24N4O5S2. The van der Waals surface area contributed by atoms with Crippen LogP contribution in [0, 0.1) is 17.2 Å². The van der Waals surface area contributed by atoms with Gasteiger partial charge in [-0.3, -0.25) is 10.1 Å². The van der Waals surface area contributed by atoms with Crippen LogP contribution < -0.4 is 14.8 Å². The molecule has 3 aromatic rings. The Balaban J connectivity index is 1.56. The van der Waals surface area contributed by atoms with Crippen molar-refractivity contribution in [3.8, 4) is 17.6 Å². The predicted octanol–water partition coefficient (Wildman–Crippen LogP) is 3.97. The number of hydrogen-bond donors (Lipinski definition) is 1. The van der Waals surface area contributed by atoms with Crippen molar-refractivity contribution in [2.75, 3.05) is 24.3 Å². The zero-order valence-corrected chi connectivity index (χ0v) is 20.8. The highest BCUT2D eigenvalue weighted by Gasteiger charge is 2.23. The van der Waals surface area contributed by atoms with Gasteiger partial charge in [-0.1, -0.05) is 44.2 Å². The fourth-order valence-electron chi connectivity index (χ4n) is 2.88. The second-order valence-electron chi connectivity index (χ2n) is 7.76. The van der Waals surface area contributed by atoms with E-state index in [-0.39, 0.29) is 27.5 Å². The number of carbonyl (C=O) groups is 1. The largest absolute Gasteiger partial charge is 0.490 e. The first-order chi connectivity index (χ1) is 16.8. The summed E-state index contributed by atoms with van der Waals surface area (Å²) in [5, 5.41) is 11.5. The Kier molecular flexibility index (Phi) is 8.94. The van der Waals surface area contributed by atoms with Crippen molar-refractivity contribution in [1.82, 2.24) is 9.36 Å². The molecule has 0 unspecified atom stereocenters. The van der Waals surface area contributed by atoms with Crippen LogP contribution in [-0.2, 0) is 14.6 Å². The zero-order chi connectivity index (χ0) is 25.3. The summed E-state index contributed by atoms with van der Waals surface area (Å²) < 4.78 is 39.5. The van der Waals surface area contributed by atoms with Crippen LogP contribution in [0.4, 0.5) is 5.13 Å². The summed E-state index contributed by atoms with van der Waals surface area (Å²) in [5.74, 6) is 0.482. The van der Waals surface area contributed by atoms with Gasteiger partial charge in [-0.25, -0.2) is 8.42 Å². The number of aromatic nitrogens is 2. The number of ether oxygens (including phenoxy) is 2. The third-order valence-electron chi connectivity index (χ3n) is 4.38. The third kappa shape index (κ3) is 7.91. The fourth-order valence-corrected chi connectivity index (χ4v) is 5.23. The number of benzene rings is 2. The maximum absolute atomic E-state index is 12.5. The molecule has 0 aliphatic rings. The highest BCUT2D eigenvalue weighted by atomic mass is 32.2. The topological polar surface area (TPSA) is 131 Å². The number of amides is 1. The number of sulfone groups is 1. The van der Waals surface area contributed by atoms with Crippen molar-refractivity contribution in [2.24, 2.45) is 5.92 Å². The highest BCUT2D eigenvalue weighted by molar-refractivity contribution is 7.91. The predicted molar refractivity (Wildman–Crippen MR) is 133 cm³/mol. The van der Waals surface area contributed by atoms with E-state index in [1.54, 1.807) is 38.1 Å². The van der Waals surface area contributed by atoms with E-state index >= 15 is 0 Å². The number of nitrogens with zero attached hydrogens (tertiary/aromatic N) is 3. The van der Waals surface area contributed by atoms with E-state index in [9.17, 15) is 18.5 Å². The van der Waals surface area contributed by atoms with Crippen molar-refractivity contribution in [2.45, 2.75) is 19.0 Å². The zero-order valence-electron chi connectivity index (χ0n) is 19.2. The number of nitriles is 1. The summed E-state index contributed by atoms with van der Waals surface area (Å²) in [7, 11) is -3.64. The minimum Gasteiger partial charge on any atom is -0.490 e. The summed E-state index contributed by atoms with van der Waals surface area (Å²) in [6.07, 6.45) is 1.41. The first-order valence-corrected chi connectivity index (χ1v) is 13.1. The SMILES string of the molecule is CC(C)CS(=O)(=O)c1nsc(NC(=O)/C(C#N)=C\c2ccc(OCCOc3ccccc3)cc2)n1. The van der Waals surface area contributed by atoms with Gasteiger partial charge in [0.2, 0.25) is 15.0 Å². The summed E-state index contributed by atoms with van der Waals surface area (Å²) in [6, 6.07) is 18.1. The molecule has 0 atom stereocenters. The Morgan fingerprint density at radius 3 is 2.31 bits per heavy atom. The minimum atomic E-state index is -3.64. The molecule has 182 valence electrons. The maximum Gasteiger partial charge on any atom is 0.268 e. The molecule has 0 saturated carbocycles. The Bertz CT molecular complexity index is 1310. The summed E-state index contributed by atoms with van der Waals surface area (Å²) in [6.45, 7) is 4.29. The van der Waals surface area contributed by atoms with Crippen molar-refractivity contribution < 1.29 is 22.7 Å². The monoisotopic (exact) mass is 512 g/mol. The highest BCUT2D eigenvalue weighted by Crippen LogP contribution is 2.19. The molecule has 0 aliphatic carbocycles. The van der Waals surface area contributed by atoms with Gasteiger partial charge in [-0.15, -0.1) is 0 Å². The lowest BCUT2D eigenvalue weighted by atomic mass is 10.1. The van der Waals surface area contributed by atoms with E-state index in [4.69, 9.17) is 9.47 Å².